The van der Waals surface area contributed by atoms with Crippen LogP contribution in [0.5, 0.6) is 5.75 Å². The second kappa shape index (κ2) is 10.5. The van der Waals surface area contributed by atoms with Crippen molar-refractivity contribution in [1.82, 2.24) is 28.5 Å². The molecular formula is C28H38N6O6. The fourth-order valence-electron chi connectivity index (χ4n) is 5.90. The van der Waals surface area contributed by atoms with Gasteiger partial charge in [-0.3, -0.25) is 18.7 Å². The van der Waals surface area contributed by atoms with Crippen molar-refractivity contribution in [2.75, 3.05) is 46.9 Å². The second-order valence-electron chi connectivity index (χ2n) is 11.5. The first kappa shape index (κ1) is 28.1. The van der Waals surface area contributed by atoms with Crippen LogP contribution >= 0.6 is 0 Å². The Bertz CT molecular complexity index is 1510. The van der Waals surface area contributed by atoms with Crippen LogP contribution in [0.3, 0.4) is 0 Å². The largest absolute Gasteiger partial charge is 0.492 e. The molecule has 12 heteroatoms. The molecule has 0 radical (unpaired) electrons. The van der Waals surface area contributed by atoms with Gasteiger partial charge in [-0.2, -0.15) is 0 Å². The summed E-state index contributed by atoms with van der Waals surface area (Å²) in [4.78, 5) is 46.6. The maximum Gasteiger partial charge on any atom is 0.332 e. The van der Waals surface area contributed by atoms with E-state index in [-0.39, 0.29) is 23.7 Å². The molecule has 2 aromatic heterocycles. The highest BCUT2D eigenvalue weighted by molar-refractivity contribution is 5.94. The maximum absolute atomic E-state index is 13.2. The van der Waals surface area contributed by atoms with Crippen LogP contribution in [0.4, 0.5) is 0 Å². The Morgan fingerprint density at radius 2 is 1.82 bits per heavy atom. The van der Waals surface area contributed by atoms with Gasteiger partial charge in [-0.15, -0.1) is 0 Å². The van der Waals surface area contributed by atoms with E-state index in [4.69, 9.17) is 9.47 Å². The lowest BCUT2D eigenvalue weighted by atomic mass is 9.75. The molecule has 1 N–H and O–H groups in total. The minimum Gasteiger partial charge on any atom is -0.492 e. The number of aryl methyl sites for hydroxylation is 1. The number of ether oxygens (including phenoxy) is 2. The molecule has 40 heavy (non-hydrogen) atoms. The van der Waals surface area contributed by atoms with Crippen molar-refractivity contribution in [2.45, 2.75) is 43.4 Å². The number of hydrogen-bond acceptors (Lipinski definition) is 8. The first-order valence-electron chi connectivity index (χ1n) is 13.6. The molecule has 216 valence electrons. The summed E-state index contributed by atoms with van der Waals surface area (Å²) in [6.07, 6.45) is 3.02. The maximum atomic E-state index is 13.2. The van der Waals surface area contributed by atoms with Crippen LogP contribution in [0.1, 0.15) is 42.6 Å². The zero-order valence-corrected chi connectivity index (χ0v) is 23.8. The first-order chi connectivity index (χ1) is 18.9. The molecule has 1 spiro atoms. The normalized spacial score (nSPS) is 22.8. The topological polar surface area (TPSA) is 124 Å². The highest BCUT2D eigenvalue weighted by atomic mass is 16.5. The van der Waals surface area contributed by atoms with E-state index in [0.29, 0.717) is 44.5 Å². The molecule has 2 aliphatic rings. The molecular weight excluding hydrogens is 516 g/mol. The third-order valence-electron chi connectivity index (χ3n) is 8.32. The first-order valence-corrected chi connectivity index (χ1v) is 13.6. The lowest BCUT2D eigenvalue weighted by Gasteiger charge is -2.51. The van der Waals surface area contributed by atoms with Crippen LogP contribution in [0, 0.1) is 0 Å². The standard InChI is InChI=1S/C28H38N6O6/c1-27(38)17-28(40-16-21(27)34-18-29-23-22(34)25(36)32(5)26(37)31(23)4)10-12-33(13-11-28)24(35)19-6-8-20(9-7-19)39-15-14-30(2)3/h6-9,18,21,38H,10-17H2,1-5H3/t21-,27-/m1/s1. The van der Waals surface area contributed by atoms with Crippen molar-refractivity contribution in [3.8, 4) is 5.75 Å². The summed E-state index contributed by atoms with van der Waals surface area (Å²) < 4.78 is 16.1. The zero-order valence-electron chi connectivity index (χ0n) is 23.8. The minimum atomic E-state index is -1.21. The minimum absolute atomic E-state index is 0.0403. The van der Waals surface area contributed by atoms with Gasteiger partial charge in [-0.25, -0.2) is 9.78 Å². The van der Waals surface area contributed by atoms with Crippen molar-refractivity contribution < 1.29 is 19.4 Å². The number of carbonyl (C=O) groups is 1. The predicted molar refractivity (Wildman–Crippen MR) is 149 cm³/mol. The predicted octanol–water partition coefficient (Wildman–Crippen LogP) is 0.762. The Hall–Kier alpha value is -3.48. The van der Waals surface area contributed by atoms with Crippen LogP contribution in [-0.4, -0.2) is 97.6 Å². The van der Waals surface area contributed by atoms with Gasteiger partial charge in [0.1, 0.15) is 12.4 Å². The van der Waals surface area contributed by atoms with Crippen molar-refractivity contribution >= 4 is 17.1 Å². The van der Waals surface area contributed by atoms with Gasteiger partial charge >= 0.3 is 5.69 Å². The van der Waals surface area contributed by atoms with Crippen LogP contribution in [0.2, 0.25) is 0 Å². The van der Waals surface area contributed by atoms with Crippen molar-refractivity contribution in [1.29, 1.82) is 0 Å². The number of piperidine rings is 1. The van der Waals surface area contributed by atoms with Gasteiger partial charge in [0.2, 0.25) is 0 Å². The van der Waals surface area contributed by atoms with Crippen LogP contribution in [0.25, 0.3) is 11.2 Å². The van der Waals surface area contributed by atoms with Gasteiger partial charge in [0.15, 0.2) is 11.2 Å². The van der Waals surface area contributed by atoms with Crippen LogP contribution in [-0.2, 0) is 18.8 Å². The lowest BCUT2D eigenvalue weighted by molar-refractivity contribution is -0.194. The van der Waals surface area contributed by atoms with E-state index in [1.54, 1.807) is 30.7 Å². The third kappa shape index (κ3) is 5.06. The average Bonchev–Trinajstić information content (AvgIpc) is 3.35. The Kier molecular flexibility index (Phi) is 7.36. The van der Waals surface area contributed by atoms with E-state index in [9.17, 15) is 19.5 Å². The average molecular weight is 555 g/mol. The summed E-state index contributed by atoms with van der Waals surface area (Å²) in [5.41, 5.74) is -1.58. The molecule has 2 aliphatic heterocycles. The van der Waals surface area contributed by atoms with Crippen LogP contribution in [0.15, 0.2) is 40.2 Å². The molecule has 1 aromatic carbocycles. The van der Waals surface area contributed by atoms with Gasteiger partial charge in [0.05, 0.1) is 30.2 Å². The number of benzene rings is 1. The number of fused-ring (bicyclic) bond motifs is 1. The molecule has 0 saturated carbocycles. The smallest absolute Gasteiger partial charge is 0.332 e. The number of likely N-dealkylation sites (tertiary alicyclic amines) is 1. The molecule has 5 rings (SSSR count). The fourth-order valence-corrected chi connectivity index (χ4v) is 5.90. The summed E-state index contributed by atoms with van der Waals surface area (Å²) >= 11 is 0. The molecule has 2 saturated heterocycles. The molecule has 0 bridgehead atoms. The molecule has 3 aromatic rings. The molecule has 12 nitrogen and oxygen atoms in total. The number of rotatable bonds is 6. The molecule has 2 fully saturated rings. The second-order valence-corrected chi connectivity index (χ2v) is 11.5. The highest BCUT2D eigenvalue weighted by Crippen LogP contribution is 2.44. The SMILES string of the molecule is CN(C)CCOc1ccc(C(=O)N2CCC3(CC2)C[C@@](C)(O)[C@H](n2cnc4c2c(=O)n(C)c(=O)n4C)CO3)cc1. The monoisotopic (exact) mass is 554 g/mol. The van der Waals surface area contributed by atoms with Crippen LogP contribution < -0.4 is 16.0 Å². The van der Waals surface area contributed by atoms with E-state index < -0.39 is 28.5 Å². The number of imidazole rings is 1. The van der Waals surface area contributed by atoms with Gasteiger partial charge in [-0.1, -0.05) is 0 Å². The third-order valence-corrected chi connectivity index (χ3v) is 8.32. The number of amides is 1. The highest BCUT2D eigenvalue weighted by Gasteiger charge is 2.50. The Labute approximate surface area is 232 Å². The lowest BCUT2D eigenvalue weighted by Crippen LogP contribution is -2.58. The summed E-state index contributed by atoms with van der Waals surface area (Å²) in [5.74, 6) is 0.690. The molecule has 2 atom stereocenters. The number of nitrogens with zero attached hydrogens (tertiary/aromatic N) is 6. The van der Waals surface area contributed by atoms with Crippen molar-refractivity contribution in [3.05, 3.63) is 57.0 Å². The van der Waals surface area contributed by atoms with Crippen molar-refractivity contribution in [3.63, 3.8) is 0 Å². The van der Waals surface area contributed by atoms with Gasteiger partial charge in [-0.05, 0) is 58.1 Å². The Balaban J connectivity index is 1.25. The Morgan fingerprint density at radius 1 is 1.15 bits per heavy atom. The summed E-state index contributed by atoms with van der Waals surface area (Å²) in [7, 11) is 6.97. The van der Waals surface area contributed by atoms with E-state index >= 15 is 0 Å². The summed E-state index contributed by atoms with van der Waals surface area (Å²) in [5, 5.41) is 11.6. The zero-order chi connectivity index (χ0) is 28.8. The number of hydrogen-bond donors (Lipinski definition) is 1. The fraction of sp³-hybridized carbons (Fsp3) is 0.571. The molecule has 1 amide bonds. The van der Waals surface area contributed by atoms with E-state index in [1.165, 1.54) is 17.9 Å². The van der Waals surface area contributed by atoms with Gasteiger partial charge in [0, 0.05) is 45.7 Å². The number of aliphatic hydroxyl groups is 1. The number of aromatic nitrogens is 4. The molecule has 0 unspecified atom stereocenters. The quantitative estimate of drug-likeness (QED) is 0.474. The number of likely N-dealkylation sites (N-methyl/N-ethyl adjacent to an activating group) is 1. The van der Waals surface area contributed by atoms with Gasteiger partial charge in [0.25, 0.3) is 11.5 Å². The molecule has 0 aliphatic carbocycles. The summed E-state index contributed by atoms with van der Waals surface area (Å²) in [6, 6.07) is 6.66. The van der Waals surface area contributed by atoms with E-state index in [2.05, 4.69) is 4.98 Å². The summed E-state index contributed by atoms with van der Waals surface area (Å²) in [6.45, 7) is 4.33. The van der Waals surface area contributed by atoms with E-state index in [0.717, 1.165) is 16.9 Å². The molecule has 4 heterocycles. The van der Waals surface area contributed by atoms with Crippen molar-refractivity contribution in [2.24, 2.45) is 14.1 Å². The van der Waals surface area contributed by atoms with E-state index in [1.807, 2.05) is 36.0 Å². The van der Waals surface area contributed by atoms with Gasteiger partial charge < -0.3 is 28.9 Å². The Morgan fingerprint density at radius 3 is 2.45 bits per heavy atom. The number of carbonyl (C=O) groups excluding carboxylic acids is 1.